The summed E-state index contributed by atoms with van der Waals surface area (Å²) in [6, 6.07) is 10.1. The van der Waals surface area contributed by atoms with Gasteiger partial charge in [0, 0.05) is 44.2 Å². The molecule has 6 atom stereocenters. The van der Waals surface area contributed by atoms with Crippen molar-refractivity contribution in [3.63, 3.8) is 0 Å². The lowest BCUT2D eigenvalue weighted by molar-refractivity contribution is -0.256. The van der Waals surface area contributed by atoms with Crippen LogP contribution < -0.4 is 24.3 Å². The van der Waals surface area contributed by atoms with E-state index in [0.29, 0.717) is 61.1 Å². The van der Waals surface area contributed by atoms with Crippen LogP contribution in [0.4, 0.5) is 9.59 Å². The first-order valence-corrected chi connectivity index (χ1v) is 20.9. The largest absolute Gasteiger partial charge is 0.459 e. The normalized spacial score (nSPS) is 24.2. The molecule has 0 saturated heterocycles. The van der Waals surface area contributed by atoms with Crippen molar-refractivity contribution in [2.45, 2.75) is 89.5 Å². The second-order valence-electron chi connectivity index (χ2n) is 15.1. The Morgan fingerprint density at radius 1 is 1.00 bits per heavy atom. The summed E-state index contributed by atoms with van der Waals surface area (Å²) < 4.78 is 37.3. The minimum absolute atomic E-state index is 0.0167. The fourth-order valence-electron chi connectivity index (χ4n) is 8.99. The number of nitrogens with zero attached hydrogens (tertiary/aromatic N) is 2. The molecule has 2 aromatic carbocycles. The average Bonchev–Trinajstić information content (AvgIpc) is 3.71. The van der Waals surface area contributed by atoms with Gasteiger partial charge in [-0.05, 0) is 99.3 Å². The van der Waals surface area contributed by atoms with Gasteiger partial charge in [-0.2, -0.15) is 0 Å². The van der Waals surface area contributed by atoms with Crippen LogP contribution in [0.5, 0.6) is 23.0 Å². The van der Waals surface area contributed by atoms with E-state index in [1.165, 1.54) is 0 Å². The molecule has 6 unspecified atom stereocenters. The number of allylic oxidation sites excluding steroid dienone is 1. The third-order valence-electron chi connectivity index (χ3n) is 11.4. The standard InChI is InChI=1S/C45H59N3O11/c1-5-9-23-53-44(52)48(28-30-16-18-38-39(24-30)55-29-54-38)40-27-36(47-57-8-4)34-25-31(14-10-12-20-49)33(15-11-13-21-50)41-35-26-32(58-43(51)46-7-3)17-19-37(35)59-45(40,42(34)41)56-22-6-2/h5-6,16-19,24-26,31,33,40-42,49-50H,1-2,7-15,20-23,27-29H2,3-4H3,(H,46,51). The molecule has 14 heteroatoms. The van der Waals surface area contributed by atoms with Crippen LogP contribution in [0.15, 0.2) is 78.5 Å². The molecular formula is C45H59N3O11. The highest BCUT2D eigenvalue weighted by Crippen LogP contribution is 2.62. The van der Waals surface area contributed by atoms with Crippen LogP contribution in [0.25, 0.3) is 0 Å². The lowest BCUT2D eigenvalue weighted by Gasteiger charge is -2.59. The second kappa shape index (κ2) is 20.8. The van der Waals surface area contributed by atoms with Crippen molar-refractivity contribution in [1.29, 1.82) is 0 Å². The van der Waals surface area contributed by atoms with Gasteiger partial charge in [0.1, 0.15) is 24.1 Å². The summed E-state index contributed by atoms with van der Waals surface area (Å²) in [6.07, 6.45) is 9.50. The molecule has 2 aliphatic heterocycles. The number of benzene rings is 2. The number of aliphatic hydroxyl groups is 2. The van der Waals surface area contributed by atoms with E-state index < -0.39 is 29.9 Å². The van der Waals surface area contributed by atoms with Gasteiger partial charge >= 0.3 is 12.2 Å². The van der Waals surface area contributed by atoms with E-state index in [4.69, 9.17) is 38.4 Å². The van der Waals surface area contributed by atoms with Crippen LogP contribution in [0.1, 0.15) is 82.3 Å². The van der Waals surface area contributed by atoms with E-state index in [-0.39, 0.29) is 63.9 Å². The van der Waals surface area contributed by atoms with Crippen LogP contribution in [-0.4, -0.2) is 91.2 Å². The molecule has 14 nitrogen and oxygen atoms in total. The highest BCUT2D eigenvalue weighted by molar-refractivity contribution is 6.03. The van der Waals surface area contributed by atoms with Gasteiger partial charge in [0.15, 0.2) is 11.5 Å². The maximum atomic E-state index is 14.6. The van der Waals surface area contributed by atoms with Gasteiger partial charge < -0.3 is 48.8 Å². The lowest BCUT2D eigenvalue weighted by atomic mass is 9.55. The molecule has 2 amide bonds. The first-order chi connectivity index (χ1) is 28.8. The first-order valence-electron chi connectivity index (χ1n) is 20.9. The van der Waals surface area contributed by atoms with Gasteiger partial charge in [-0.25, -0.2) is 9.59 Å². The fraction of sp³-hybridized carbons (Fsp3) is 0.533. The summed E-state index contributed by atoms with van der Waals surface area (Å²) in [7, 11) is 0. The SMILES string of the molecule is C=CCCOC(=O)N(Cc1ccc2c(c1)OCO2)C1CC(=NOCC)C2=CC(CCCCO)C(CCCCO)C3c4cc(OC(=O)NCC)ccc4OC1(OCC=C)C23. The zero-order valence-corrected chi connectivity index (χ0v) is 34.3. The number of aliphatic hydroxyl groups excluding tert-OH is 2. The molecule has 3 N–H and O–H groups in total. The Bertz CT molecular complexity index is 1850. The topological polar surface area (TPSA) is 167 Å². The molecule has 2 heterocycles. The van der Waals surface area contributed by atoms with Gasteiger partial charge in [0.05, 0.1) is 24.8 Å². The molecular weight excluding hydrogens is 759 g/mol. The summed E-state index contributed by atoms with van der Waals surface area (Å²) >= 11 is 0. The third kappa shape index (κ3) is 9.71. The van der Waals surface area contributed by atoms with Gasteiger partial charge in [0.2, 0.25) is 12.6 Å². The number of hydrogen-bond acceptors (Lipinski definition) is 12. The van der Waals surface area contributed by atoms with Gasteiger partial charge in [-0.3, -0.25) is 4.90 Å². The number of oxime groups is 1. The van der Waals surface area contributed by atoms with Crippen molar-refractivity contribution in [1.82, 2.24) is 10.2 Å². The summed E-state index contributed by atoms with van der Waals surface area (Å²) in [4.78, 5) is 34.8. The second-order valence-corrected chi connectivity index (χ2v) is 15.1. The number of rotatable bonds is 21. The fourth-order valence-corrected chi connectivity index (χ4v) is 8.99. The quantitative estimate of drug-likeness (QED) is 0.0653. The smallest absolute Gasteiger partial charge is 0.412 e. The van der Waals surface area contributed by atoms with E-state index in [0.717, 1.165) is 42.4 Å². The molecule has 1 saturated carbocycles. The molecule has 0 bridgehead atoms. The Morgan fingerprint density at radius 3 is 2.53 bits per heavy atom. The molecule has 59 heavy (non-hydrogen) atoms. The monoisotopic (exact) mass is 817 g/mol. The van der Waals surface area contributed by atoms with Gasteiger partial charge in [-0.15, -0.1) is 13.2 Å². The van der Waals surface area contributed by atoms with Crippen molar-refractivity contribution in [3.8, 4) is 23.0 Å². The maximum Gasteiger partial charge on any atom is 0.412 e. The first kappa shape index (κ1) is 43.5. The van der Waals surface area contributed by atoms with E-state index in [9.17, 15) is 19.8 Å². The van der Waals surface area contributed by atoms with Gasteiger partial charge in [0.25, 0.3) is 0 Å². The minimum Gasteiger partial charge on any atom is -0.459 e. The molecule has 4 aliphatic rings. The molecule has 2 aromatic rings. The van der Waals surface area contributed by atoms with E-state index in [1.54, 1.807) is 29.2 Å². The zero-order chi connectivity index (χ0) is 41.8. The number of fused-ring (bicyclic) bond motifs is 3. The molecule has 1 fully saturated rings. The predicted molar refractivity (Wildman–Crippen MR) is 221 cm³/mol. The van der Waals surface area contributed by atoms with Crippen molar-refractivity contribution in [3.05, 3.63) is 84.5 Å². The number of unbranched alkanes of at least 4 members (excludes halogenated alkanes) is 2. The summed E-state index contributed by atoms with van der Waals surface area (Å²) in [5, 5.41) is 27.2. The summed E-state index contributed by atoms with van der Waals surface area (Å²) in [6.45, 7) is 12.8. The van der Waals surface area contributed by atoms with Crippen LogP contribution in [0, 0.1) is 17.8 Å². The van der Waals surface area contributed by atoms with E-state index in [1.807, 2.05) is 38.1 Å². The van der Waals surface area contributed by atoms with Crippen LogP contribution >= 0.6 is 0 Å². The predicted octanol–water partition coefficient (Wildman–Crippen LogP) is 7.39. The number of carbonyl (C=O) groups excluding carboxylic acids is 2. The van der Waals surface area contributed by atoms with Crippen molar-refractivity contribution in [2.75, 3.05) is 46.4 Å². The van der Waals surface area contributed by atoms with Crippen molar-refractivity contribution in [2.24, 2.45) is 22.9 Å². The molecule has 6 rings (SSSR count). The maximum absolute atomic E-state index is 14.6. The number of carbonyl (C=O) groups is 2. The highest BCUT2D eigenvalue weighted by Gasteiger charge is 2.65. The van der Waals surface area contributed by atoms with Crippen LogP contribution in [-0.2, 0) is 20.9 Å². The number of hydrogen-bond donors (Lipinski definition) is 3. The minimum atomic E-state index is -1.51. The Hall–Kier alpha value is -5.05. The highest BCUT2D eigenvalue weighted by atomic mass is 16.7. The summed E-state index contributed by atoms with van der Waals surface area (Å²) in [5.41, 5.74) is 3.14. The molecule has 0 radical (unpaired) electrons. The Labute approximate surface area is 346 Å². The van der Waals surface area contributed by atoms with E-state index in [2.05, 4.69) is 24.6 Å². The van der Waals surface area contributed by atoms with Crippen LogP contribution in [0.2, 0.25) is 0 Å². The average molecular weight is 818 g/mol. The number of nitrogens with one attached hydrogen (secondary N) is 1. The molecule has 320 valence electrons. The van der Waals surface area contributed by atoms with Crippen LogP contribution in [0.3, 0.4) is 0 Å². The number of amides is 2. The van der Waals surface area contributed by atoms with Crippen molar-refractivity contribution >= 4 is 17.9 Å². The third-order valence-corrected chi connectivity index (χ3v) is 11.4. The number of ether oxygens (including phenoxy) is 6. The summed E-state index contributed by atoms with van der Waals surface area (Å²) in [5.74, 6) is -0.284. The molecule has 2 aliphatic carbocycles. The Kier molecular flexibility index (Phi) is 15.3. The van der Waals surface area contributed by atoms with Crippen molar-refractivity contribution < 1.29 is 53.1 Å². The Balaban J connectivity index is 1.58. The zero-order valence-electron chi connectivity index (χ0n) is 34.3. The van der Waals surface area contributed by atoms with E-state index >= 15 is 0 Å². The lowest BCUT2D eigenvalue weighted by Crippen LogP contribution is -2.70. The molecule has 0 spiro atoms. The van der Waals surface area contributed by atoms with Gasteiger partial charge in [-0.1, -0.05) is 42.3 Å². The molecule has 0 aromatic heterocycles. The Morgan fingerprint density at radius 2 is 1.78 bits per heavy atom.